The van der Waals surface area contributed by atoms with Crippen LogP contribution in [0, 0.1) is 0 Å². The minimum absolute atomic E-state index is 0.261. The summed E-state index contributed by atoms with van der Waals surface area (Å²) in [5, 5.41) is 3.24. The molecule has 0 bridgehead atoms. The van der Waals surface area contributed by atoms with Gasteiger partial charge in [0.1, 0.15) is 11.8 Å². The van der Waals surface area contributed by atoms with Gasteiger partial charge in [-0.15, -0.1) is 0 Å². The first-order valence-electron chi connectivity index (χ1n) is 6.77. The van der Waals surface area contributed by atoms with Gasteiger partial charge >= 0.3 is 5.97 Å². The predicted octanol–water partition coefficient (Wildman–Crippen LogP) is 2.69. The van der Waals surface area contributed by atoms with Gasteiger partial charge in [-0.25, -0.2) is 4.79 Å². The molecule has 4 nitrogen and oxygen atoms in total. The minimum atomic E-state index is -0.470. The number of benzene rings is 1. The summed E-state index contributed by atoms with van der Waals surface area (Å²) in [5.74, 6) is 0.438. The van der Waals surface area contributed by atoms with Gasteiger partial charge in [-0.3, -0.25) is 0 Å². The number of esters is 1. The molecule has 1 rings (SSSR count). The van der Waals surface area contributed by atoms with Gasteiger partial charge in [0.15, 0.2) is 0 Å². The maximum Gasteiger partial charge on any atom is 0.327 e. The summed E-state index contributed by atoms with van der Waals surface area (Å²) in [6.45, 7) is 5.07. The van der Waals surface area contributed by atoms with Crippen molar-refractivity contribution in [3.63, 3.8) is 0 Å². The quantitative estimate of drug-likeness (QED) is 0.580. The van der Waals surface area contributed by atoms with Crippen LogP contribution in [0.25, 0.3) is 0 Å². The average molecular weight is 265 g/mol. The van der Waals surface area contributed by atoms with Crippen molar-refractivity contribution >= 4 is 5.97 Å². The van der Waals surface area contributed by atoms with Crippen LogP contribution in [0.2, 0.25) is 0 Å². The van der Waals surface area contributed by atoms with E-state index in [2.05, 4.69) is 12.2 Å². The van der Waals surface area contributed by atoms with Crippen LogP contribution in [-0.4, -0.2) is 26.2 Å². The molecular weight excluding hydrogens is 242 g/mol. The van der Waals surface area contributed by atoms with Crippen LogP contribution < -0.4 is 10.1 Å². The van der Waals surface area contributed by atoms with Crippen molar-refractivity contribution in [3.05, 3.63) is 29.8 Å². The first-order chi connectivity index (χ1) is 9.24. The van der Waals surface area contributed by atoms with Crippen molar-refractivity contribution in [3.8, 4) is 5.75 Å². The molecule has 0 saturated heterocycles. The first-order valence-corrected chi connectivity index (χ1v) is 6.77. The molecule has 0 heterocycles. The summed E-state index contributed by atoms with van der Waals surface area (Å²) in [6, 6.07) is 7.05. The third-order valence-electron chi connectivity index (χ3n) is 2.85. The van der Waals surface area contributed by atoms with E-state index in [0.717, 1.165) is 24.9 Å². The van der Waals surface area contributed by atoms with Crippen molar-refractivity contribution in [2.45, 2.75) is 32.7 Å². The highest BCUT2D eigenvalue weighted by molar-refractivity contribution is 5.78. The van der Waals surface area contributed by atoms with Crippen LogP contribution in [0.15, 0.2) is 24.3 Å². The lowest BCUT2D eigenvalue weighted by molar-refractivity contribution is -0.145. The van der Waals surface area contributed by atoms with Gasteiger partial charge < -0.3 is 14.8 Å². The van der Waals surface area contributed by atoms with Gasteiger partial charge in [0.2, 0.25) is 0 Å². The van der Waals surface area contributed by atoms with E-state index in [1.54, 1.807) is 7.11 Å². The Balaban J connectivity index is 2.90. The van der Waals surface area contributed by atoms with E-state index in [1.165, 1.54) is 0 Å². The normalized spacial score (nSPS) is 11.9. The van der Waals surface area contributed by atoms with Crippen molar-refractivity contribution < 1.29 is 14.3 Å². The smallest absolute Gasteiger partial charge is 0.327 e. The van der Waals surface area contributed by atoms with E-state index in [9.17, 15) is 4.79 Å². The molecule has 0 aliphatic heterocycles. The standard InChI is InChI=1S/C15H23NO3/c1-4-6-11-16-14(15(17)19-5-2)12-9-7-8-10-13(12)18-3/h7-10,14,16H,4-6,11H2,1-3H3. The molecule has 1 N–H and O–H groups in total. The molecule has 1 unspecified atom stereocenters. The molecule has 1 atom stereocenters. The van der Waals surface area contributed by atoms with Gasteiger partial charge in [0.25, 0.3) is 0 Å². The van der Waals surface area contributed by atoms with Gasteiger partial charge in [-0.1, -0.05) is 31.5 Å². The van der Waals surface area contributed by atoms with Gasteiger partial charge in [0.05, 0.1) is 13.7 Å². The molecule has 0 aromatic heterocycles. The average Bonchev–Trinajstić information content (AvgIpc) is 2.44. The Bertz CT molecular complexity index is 393. The summed E-state index contributed by atoms with van der Waals surface area (Å²) in [7, 11) is 1.60. The fraction of sp³-hybridized carbons (Fsp3) is 0.533. The molecule has 0 radical (unpaired) electrons. The maximum absolute atomic E-state index is 12.1. The van der Waals surface area contributed by atoms with Gasteiger partial charge in [-0.05, 0) is 26.0 Å². The number of methoxy groups -OCH3 is 1. The molecule has 0 aliphatic carbocycles. The minimum Gasteiger partial charge on any atom is -0.496 e. The number of unbranched alkanes of at least 4 members (excludes halogenated alkanes) is 1. The molecule has 0 fully saturated rings. The Kier molecular flexibility index (Phi) is 6.97. The van der Waals surface area contributed by atoms with Crippen LogP contribution >= 0.6 is 0 Å². The molecule has 1 aromatic rings. The zero-order valence-corrected chi connectivity index (χ0v) is 11.9. The Morgan fingerprint density at radius 1 is 1.32 bits per heavy atom. The summed E-state index contributed by atoms with van der Waals surface area (Å²) < 4.78 is 10.4. The van der Waals surface area contributed by atoms with Crippen molar-refractivity contribution in [1.29, 1.82) is 0 Å². The molecule has 106 valence electrons. The number of para-hydroxylation sites is 1. The van der Waals surface area contributed by atoms with E-state index >= 15 is 0 Å². The van der Waals surface area contributed by atoms with Crippen LogP contribution in [-0.2, 0) is 9.53 Å². The molecule has 0 amide bonds. The van der Waals surface area contributed by atoms with Gasteiger partial charge in [-0.2, -0.15) is 0 Å². The fourth-order valence-corrected chi connectivity index (χ4v) is 1.87. The van der Waals surface area contributed by atoms with Crippen molar-refractivity contribution in [1.82, 2.24) is 5.32 Å². The monoisotopic (exact) mass is 265 g/mol. The number of rotatable bonds is 8. The van der Waals surface area contributed by atoms with Crippen LogP contribution in [0.1, 0.15) is 38.3 Å². The van der Waals surface area contributed by atoms with E-state index in [-0.39, 0.29) is 5.97 Å². The van der Waals surface area contributed by atoms with E-state index < -0.39 is 6.04 Å². The number of carbonyl (C=O) groups excluding carboxylic acids is 1. The second kappa shape index (κ2) is 8.53. The third-order valence-corrected chi connectivity index (χ3v) is 2.85. The first kappa shape index (κ1) is 15.5. The van der Waals surface area contributed by atoms with E-state index in [0.29, 0.717) is 12.4 Å². The van der Waals surface area contributed by atoms with Gasteiger partial charge in [0, 0.05) is 5.56 Å². The Morgan fingerprint density at radius 3 is 2.68 bits per heavy atom. The SMILES string of the molecule is CCCCNC(C(=O)OCC)c1ccccc1OC. The highest BCUT2D eigenvalue weighted by Crippen LogP contribution is 2.25. The molecule has 0 saturated carbocycles. The number of hydrogen-bond acceptors (Lipinski definition) is 4. The second-order valence-electron chi connectivity index (χ2n) is 4.23. The zero-order valence-electron chi connectivity index (χ0n) is 11.9. The largest absolute Gasteiger partial charge is 0.496 e. The summed E-state index contributed by atoms with van der Waals surface area (Å²) >= 11 is 0. The molecule has 0 aliphatic rings. The number of hydrogen-bond donors (Lipinski definition) is 1. The fourth-order valence-electron chi connectivity index (χ4n) is 1.87. The predicted molar refractivity (Wildman–Crippen MR) is 75.3 cm³/mol. The summed E-state index contributed by atoms with van der Waals surface area (Å²) in [4.78, 5) is 12.1. The van der Waals surface area contributed by atoms with Crippen molar-refractivity contribution in [2.24, 2.45) is 0 Å². The van der Waals surface area contributed by atoms with Crippen LogP contribution in [0.5, 0.6) is 5.75 Å². The lowest BCUT2D eigenvalue weighted by Gasteiger charge is -2.19. The Morgan fingerprint density at radius 2 is 2.05 bits per heavy atom. The van der Waals surface area contributed by atoms with E-state index in [4.69, 9.17) is 9.47 Å². The topological polar surface area (TPSA) is 47.6 Å². The molecule has 19 heavy (non-hydrogen) atoms. The van der Waals surface area contributed by atoms with E-state index in [1.807, 2.05) is 31.2 Å². The molecular formula is C15H23NO3. The number of carbonyl (C=O) groups is 1. The summed E-state index contributed by atoms with van der Waals surface area (Å²) in [6.07, 6.45) is 2.10. The van der Waals surface area contributed by atoms with Crippen molar-refractivity contribution in [2.75, 3.05) is 20.3 Å². The highest BCUT2D eigenvalue weighted by Gasteiger charge is 2.24. The Labute approximate surface area is 115 Å². The zero-order chi connectivity index (χ0) is 14.1. The molecule has 0 spiro atoms. The third kappa shape index (κ3) is 4.56. The lowest BCUT2D eigenvalue weighted by Crippen LogP contribution is -2.31. The summed E-state index contributed by atoms with van der Waals surface area (Å²) in [5.41, 5.74) is 0.819. The Hall–Kier alpha value is -1.55. The van der Waals surface area contributed by atoms with Crippen LogP contribution in [0.3, 0.4) is 0 Å². The number of ether oxygens (including phenoxy) is 2. The number of nitrogens with one attached hydrogen (secondary N) is 1. The molecule has 1 aromatic carbocycles. The van der Waals surface area contributed by atoms with Crippen LogP contribution in [0.4, 0.5) is 0 Å². The lowest BCUT2D eigenvalue weighted by atomic mass is 10.1. The maximum atomic E-state index is 12.1. The molecule has 4 heteroatoms. The second-order valence-corrected chi connectivity index (χ2v) is 4.23. The highest BCUT2D eigenvalue weighted by atomic mass is 16.5.